The van der Waals surface area contributed by atoms with E-state index in [0.29, 0.717) is 24.5 Å². The van der Waals surface area contributed by atoms with E-state index in [1.54, 1.807) is 18.4 Å². The molecular weight excluding hydrogens is 308 g/mol. The third kappa shape index (κ3) is 4.55. The van der Waals surface area contributed by atoms with Crippen LogP contribution in [0.1, 0.15) is 49.0 Å². The zero-order chi connectivity index (χ0) is 16.1. The van der Waals surface area contributed by atoms with Crippen molar-refractivity contribution in [2.24, 2.45) is 5.92 Å². The highest BCUT2D eigenvalue weighted by molar-refractivity contribution is 7.10. The van der Waals surface area contributed by atoms with Crippen molar-refractivity contribution < 1.29 is 9.53 Å². The van der Waals surface area contributed by atoms with Crippen LogP contribution < -0.4 is 5.32 Å². The van der Waals surface area contributed by atoms with E-state index in [1.165, 1.54) is 29.7 Å². The minimum absolute atomic E-state index is 0.302. The van der Waals surface area contributed by atoms with Gasteiger partial charge in [-0.2, -0.15) is 0 Å². The molecule has 128 valence electrons. The Balaban J connectivity index is 1.43. The minimum atomic E-state index is 0.302. The number of nitrogens with one attached hydrogen (secondary N) is 1. The van der Waals surface area contributed by atoms with Gasteiger partial charge in [-0.05, 0) is 36.3 Å². The van der Waals surface area contributed by atoms with E-state index < -0.39 is 0 Å². The molecule has 2 aliphatic rings. The van der Waals surface area contributed by atoms with E-state index in [0.717, 1.165) is 38.9 Å². The second-order valence-electron chi connectivity index (χ2n) is 6.84. The topological polar surface area (TPSA) is 41.6 Å². The molecule has 5 heteroatoms. The minimum Gasteiger partial charge on any atom is -0.380 e. The van der Waals surface area contributed by atoms with Gasteiger partial charge in [-0.3, -0.25) is 4.79 Å². The van der Waals surface area contributed by atoms with Crippen molar-refractivity contribution in [2.45, 2.75) is 57.7 Å². The van der Waals surface area contributed by atoms with Gasteiger partial charge in [-0.25, -0.2) is 0 Å². The molecule has 4 nitrogen and oxygen atoms in total. The lowest BCUT2D eigenvalue weighted by atomic mass is 9.88. The van der Waals surface area contributed by atoms with Gasteiger partial charge in [0, 0.05) is 43.6 Å². The molecule has 1 aromatic rings. The number of nitrogens with zero attached hydrogens (tertiary/aromatic N) is 1. The Morgan fingerprint density at radius 1 is 1.35 bits per heavy atom. The molecule has 1 aromatic heterocycles. The highest BCUT2D eigenvalue weighted by Crippen LogP contribution is 2.27. The maximum atomic E-state index is 12.6. The highest BCUT2D eigenvalue weighted by Gasteiger charge is 2.31. The average Bonchev–Trinajstić information content (AvgIpc) is 3.23. The number of amides is 1. The van der Waals surface area contributed by atoms with Gasteiger partial charge in [-0.15, -0.1) is 11.3 Å². The summed E-state index contributed by atoms with van der Waals surface area (Å²) in [6.45, 7) is 3.38. The van der Waals surface area contributed by atoms with Crippen molar-refractivity contribution in [3.63, 3.8) is 0 Å². The van der Waals surface area contributed by atoms with E-state index in [9.17, 15) is 4.79 Å². The lowest BCUT2D eigenvalue weighted by Crippen LogP contribution is -2.38. The molecule has 0 aromatic carbocycles. The summed E-state index contributed by atoms with van der Waals surface area (Å²) >= 11 is 1.78. The van der Waals surface area contributed by atoms with Crippen molar-refractivity contribution in [1.29, 1.82) is 0 Å². The Kier molecular flexibility index (Phi) is 6.08. The van der Waals surface area contributed by atoms with Crippen molar-refractivity contribution in [2.75, 3.05) is 20.2 Å². The smallest absolute Gasteiger partial charge is 0.225 e. The third-order valence-electron chi connectivity index (χ3n) is 5.04. The molecular formula is C18H28N2O2S. The summed E-state index contributed by atoms with van der Waals surface area (Å²) < 4.78 is 5.16. The molecule has 0 bridgehead atoms. The zero-order valence-electron chi connectivity index (χ0n) is 14.1. The Bertz CT molecular complexity index is 511. The Hall–Kier alpha value is -0.910. The molecule has 0 radical (unpaired) electrons. The van der Waals surface area contributed by atoms with Crippen LogP contribution >= 0.6 is 11.3 Å². The normalized spacial score (nSPS) is 22.7. The van der Waals surface area contributed by atoms with E-state index in [1.807, 2.05) is 0 Å². The number of hydrogen-bond acceptors (Lipinski definition) is 4. The van der Waals surface area contributed by atoms with Gasteiger partial charge in [0.1, 0.15) is 0 Å². The molecule has 1 saturated carbocycles. The number of rotatable bonds is 6. The molecule has 1 saturated heterocycles. The molecule has 1 amide bonds. The van der Waals surface area contributed by atoms with Gasteiger partial charge >= 0.3 is 0 Å². The number of hydrogen-bond donors (Lipinski definition) is 1. The van der Waals surface area contributed by atoms with Crippen LogP contribution in [0.15, 0.2) is 11.4 Å². The predicted octanol–water partition coefficient (Wildman–Crippen LogP) is 3.17. The summed E-state index contributed by atoms with van der Waals surface area (Å²) in [5, 5.41) is 5.78. The molecule has 2 fully saturated rings. The maximum Gasteiger partial charge on any atom is 0.225 e. The number of likely N-dealkylation sites (tertiary alicyclic amines) is 1. The maximum absolute atomic E-state index is 12.6. The van der Waals surface area contributed by atoms with Gasteiger partial charge in [0.25, 0.3) is 0 Å². The molecule has 3 rings (SSSR count). The largest absolute Gasteiger partial charge is 0.380 e. The van der Waals surface area contributed by atoms with Gasteiger partial charge in [0.05, 0.1) is 6.61 Å². The number of carbonyl (C=O) groups excluding carboxylic acids is 1. The fourth-order valence-electron chi connectivity index (χ4n) is 3.74. The number of ether oxygens (including phenoxy) is 1. The molecule has 1 aliphatic carbocycles. The summed E-state index contributed by atoms with van der Waals surface area (Å²) in [5.74, 6) is 0.712. The van der Waals surface area contributed by atoms with E-state index in [2.05, 4.69) is 21.7 Å². The second kappa shape index (κ2) is 8.27. The first kappa shape index (κ1) is 16.9. The van der Waals surface area contributed by atoms with Gasteiger partial charge in [0.15, 0.2) is 0 Å². The number of methoxy groups -OCH3 is 1. The first-order valence-electron chi connectivity index (χ1n) is 8.83. The van der Waals surface area contributed by atoms with E-state index in [-0.39, 0.29) is 0 Å². The van der Waals surface area contributed by atoms with Gasteiger partial charge < -0.3 is 15.0 Å². The standard InChI is InChI=1S/C18H28N2O2S/c1-22-12-14-9-17(23-13-14)10-19-16-7-8-20(11-16)18(21)15-5-3-2-4-6-15/h9,13,15-16,19H,2-8,10-12H2,1H3. The van der Waals surface area contributed by atoms with E-state index in [4.69, 9.17) is 4.74 Å². The van der Waals surface area contributed by atoms with Gasteiger partial charge in [0.2, 0.25) is 5.91 Å². The summed E-state index contributed by atoms with van der Waals surface area (Å²) in [4.78, 5) is 16.0. The van der Waals surface area contributed by atoms with E-state index >= 15 is 0 Å². The Morgan fingerprint density at radius 3 is 2.96 bits per heavy atom. The van der Waals surface area contributed by atoms with Crippen LogP contribution in [-0.2, 0) is 22.7 Å². The summed E-state index contributed by atoms with van der Waals surface area (Å²) in [7, 11) is 1.73. The molecule has 1 aliphatic heterocycles. The van der Waals surface area contributed by atoms with Crippen molar-refractivity contribution in [3.05, 3.63) is 21.9 Å². The zero-order valence-corrected chi connectivity index (χ0v) is 14.9. The van der Waals surface area contributed by atoms with Crippen LogP contribution in [0.25, 0.3) is 0 Å². The SMILES string of the molecule is COCc1csc(CNC2CCN(C(=O)C3CCCCC3)C2)c1. The molecule has 1 unspecified atom stereocenters. The summed E-state index contributed by atoms with van der Waals surface area (Å²) in [6, 6.07) is 2.65. The van der Waals surface area contributed by atoms with Crippen LogP contribution in [0.4, 0.5) is 0 Å². The average molecular weight is 337 g/mol. The van der Waals surface area contributed by atoms with Crippen molar-refractivity contribution in [1.82, 2.24) is 10.2 Å². The van der Waals surface area contributed by atoms with Gasteiger partial charge in [-0.1, -0.05) is 19.3 Å². The highest BCUT2D eigenvalue weighted by atomic mass is 32.1. The van der Waals surface area contributed by atoms with Crippen LogP contribution in [0.3, 0.4) is 0 Å². The summed E-state index contributed by atoms with van der Waals surface area (Å²) in [5.41, 5.74) is 1.25. The molecule has 0 spiro atoms. The first-order valence-corrected chi connectivity index (χ1v) is 9.71. The Labute approximate surface area is 143 Å². The number of thiophene rings is 1. The van der Waals surface area contributed by atoms with Crippen LogP contribution in [0, 0.1) is 5.92 Å². The molecule has 1 atom stereocenters. The number of carbonyl (C=O) groups is 1. The lowest BCUT2D eigenvalue weighted by molar-refractivity contribution is -0.135. The third-order valence-corrected chi connectivity index (χ3v) is 6.02. The van der Waals surface area contributed by atoms with Crippen molar-refractivity contribution >= 4 is 17.2 Å². The monoisotopic (exact) mass is 336 g/mol. The fourth-order valence-corrected chi connectivity index (χ4v) is 4.57. The summed E-state index contributed by atoms with van der Waals surface area (Å²) in [6.07, 6.45) is 7.05. The molecule has 2 heterocycles. The van der Waals surface area contributed by atoms with Crippen LogP contribution in [0.5, 0.6) is 0 Å². The van der Waals surface area contributed by atoms with Crippen LogP contribution in [0.2, 0.25) is 0 Å². The quantitative estimate of drug-likeness (QED) is 0.867. The molecule has 1 N–H and O–H groups in total. The lowest BCUT2D eigenvalue weighted by Gasteiger charge is -2.26. The fraction of sp³-hybridized carbons (Fsp3) is 0.722. The van der Waals surface area contributed by atoms with Crippen LogP contribution in [-0.4, -0.2) is 37.0 Å². The Morgan fingerprint density at radius 2 is 2.17 bits per heavy atom. The predicted molar refractivity (Wildman–Crippen MR) is 93.4 cm³/mol. The first-order chi connectivity index (χ1) is 11.3. The second-order valence-corrected chi connectivity index (χ2v) is 7.84. The van der Waals surface area contributed by atoms with Crippen molar-refractivity contribution in [3.8, 4) is 0 Å². The molecule has 23 heavy (non-hydrogen) atoms.